The second kappa shape index (κ2) is 12.1. The van der Waals surface area contributed by atoms with E-state index in [2.05, 4.69) is 61.6 Å². The zero-order valence-corrected chi connectivity index (χ0v) is 26.5. The lowest BCUT2D eigenvalue weighted by molar-refractivity contribution is -0.0785. The van der Waals surface area contributed by atoms with Crippen LogP contribution in [0.3, 0.4) is 0 Å². The summed E-state index contributed by atoms with van der Waals surface area (Å²) in [6, 6.07) is 9.82. The van der Waals surface area contributed by atoms with Gasteiger partial charge in [-0.3, -0.25) is 0 Å². The van der Waals surface area contributed by atoms with Crippen molar-refractivity contribution in [1.82, 2.24) is 0 Å². The van der Waals surface area contributed by atoms with Crippen molar-refractivity contribution in [3.05, 3.63) is 30.3 Å². The van der Waals surface area contributed by atoms with E-state index in [9.17, 15) is 0 Å². The van der Waals surface area contributed by atoms with Crippen molar-refractivity contribution in [2.45, 2.75) is 124 Å². The Morgan fingerprint density at radius 1 is 1.03 bits per heavy atom. The highest BCUT2D eigenvalue weighted by atomic mass is 32.2. The van der Waals surface area contributed by atoms with Gasteiger partial charge in [-0.15, -0.1) is 4.33 Å². The van der Waals surface area contributed by atoms with Crippen molar-refractivity contribution in [3.63, 3.8) is 0 Å². The predicted octanol–water partition coefficient (Wildman–Crippen LogP) is 10.1. The summed E-state index contributed by atoms with van der Waals surface area (Å²) in [5.41, 5.74) is 0.762. The minimum absolute atomic E-state index is 0.265. The molecule has 0 N–H and O–H groups in total. The lowest BCUT2D eigenvalue weighted by atomic mass is 9.61. The third kappa shape index (κ3) is 7.77. The molecule has 0 saturated heterocycles. The van der Waals surface area contributed by atoms with Gasteiger partial charge in [0.15, 0.2) is 14.1 Å². The molecular weight excluding hydrogens is 480 g/mol. The summed E-state index contributed by atoms with van der Waals surface area (Å²) in [7, 11) is -1.78. The topological polar surface area (TPSA) is 27.7 Å². The van der Waals surface area contributed by atoms with Crippen molar-refractivity contribution in [2.75, 3.05) is 5.75 Å². The fourth-order valence-electron chi connectivity index (χ4n) is 6.58. The molecule has 2 aliphatic rings. The van der Waals surface area contributed by atoms with E-state index < -0.39 is 8.32 Å². The second-order valence-corrected chi connectivity index (χ2v) is 20.0. The molecule has 0 radical (unpaired) electrons. The van der Waals surface area contributed by atoms with Crippen molar-refractivity contribution in [3.8, 4) is 5.75 Å². The lowest BCUT2D eigenvalue weighted by Gasteiger charge is -2.50. The Kier molecular flexibility index (Phi) is 10.1. The van der Waals surface area contributed by atoms with Gasteiger partial charge in [-0.2, -0.15) is 0 Å². The molecule has 0 heterocycles. The Labute approximate surface area is 228 Å². The zero-order chi connectivity index (χ0) is 26.6. The van der Waals surface area contributed by atoms with Crippen LogP contribution in [-0.4, -0.2) is 20.2 Å². The van der Waals surface area contributed by atoms with Gasteiger partial charge in [0.1, 0.15) is 0 Å². The van der Waals surface area contributed by atoms with E-state index in [1.54, 1.807) is 0 Å². The predicted molar refractivity (Wildman–Crippen MR) is 158 cm³/mol. The summed E-state index contributed by atoms with van der Waals surface area (Å²) in [6.45, 7) is 21.7. The van der Waals surface area contributed by atoms with Gasteiger partial charge in [-0.05, 0) is 97.4 Å². The van der Waals surface area contributed by atoms with Crippen LogP contribution in [0.1, 0.15) is 99.8 Å². The quantitative estimate of drug-likeness (QED) is 0.0928. The molecule has 5 heteroatoms. The van der Waals surface area contributed by atoms with Gasteiger partial charge >= 0.3 is 0 Å². The summed E-state index contributed by atoms with van der Waals surface area (Å²) in [4.78, 5) is 5.56. The van der Waals surface area contributed by atoms with E-state index in [1.807, 2.05) is 30.3 Å². The molecule has 0 bridgehead atoms. The molecule has 1 aromatic carbocycles. The standard InChI is InChI=1S/C31H54O3SSi/c1-29(2,3)21-13-15-24(23-35-34-32-25-16-11-10-12-17-25)26-19-20-27-28(18-14-22-31(26,27)7)33-36(8,9)30(4,5)6/h10-12,16-17,24,26-28H,13-15,18-23H2,1-9H3/t24?,26?,27?,28-,31+/m0/s1. The smallest absolute Gasteiger partial charge is 0.192 e. The van der Waals surface area contributed by atoms with Crippen LogP contribution >= 0.6 is 12.0 Å². The molecule has 0 spiro atoms. The summed E-state index contributed by atoms with van der Waals surface area (Å²) in [5.74, 6) is 3.85. The van der Waals surface area contributed by atoms with Gasteiger partial charge in [0.25, 0.3) is 0 Å². The van der Waals surface area contributed by atoms with E-state index in [4.69, 9.17) is 13.6 Å². The highest BCUT2D eigenvalue weighted by molar-refractivity contribution is 7.94. The van der Waals surface area contributed by atoms with E-state index in [0.717, 1.165) is 17.4 Å². The third-order valence-corrected chi connectivity index (χ3v) is 14.9. The maximum Gasteiger partial charge on any atom is 0.192 e. The van der Waals surface area contributed by atoms with Crippen molar-refractivity contribution >= 4 is 20.4 Å². The first-order valence-corrected chi connectivity index (χ1v) is 18.2. The molecule has 0 aliphatic heterocycles. The van der Waals surface area contributed by atoms with Gasteiger partial charge in [0, 0.05) is 23.9 Å². The number of fused-ring (bicyclic) bond motifs is 1. The number of benzene rings is 1. The van der Waals surface area contributed by atoms with E-state index in [0.29, 0.717) is 28.8 Å². The van der Waals surface area contributed by atoms with Crippen LogP contribution in [0.4, 0.5) is 0 Å². The molecule has 0 amide bonds. The fourth-order valence-corrected chi connectivity index (χ4v) is 8.73. The van der Waals surface area contributed by atoms with Crippen LogP contribution in [-0.2, 0) is 8.76 Å². The maximum absolute atomic E-state index is 7.11. The van der Waals surface area contributed by atoms with Crippen LogP contribution < -0.4 is 4.89 Å². The van der Waals surface area contributed by atoms with E-state index in [1.165, 1.54) is 63.4 Å². The summed E-state index contributed by atoms with van der Waals surface area (Å²) >= 11 is 1.51. The maximum atomic E-state index is 7.11. The normalized spacial score (nSPS) is 28.1. The molecular formula is C31H54O3SSi. The third-order valence-electron chi connectivity index (χ3n) is 9.66. The average molecular weight is 535 g/mol. The second-order valence-electron chi connectivity index (χ2n) is 14.6. The van der Waals surface area contributed by atoms with Crippen LogP contribution in [0.25, 0.3) is 0 Å². The number of hydrogen-bond acceptors (Lipinski definition) is 4. The summed E-state index contributed by atoms with van der Waals surface area (Å²) in [5, 5.41) is 0.265. The van der Waals surface area contributed by atoms with Gasteiger partial charge in [0.05, 0.1) is 0 Å². The first-order valence-electron chi connectivity index (χ1n) is 14.4. The number of rotatable bonds is 11. The van der Waals surface area contributed by atoms with Crippen molar-refractivity contribution in [1.29, 1.82) is 0 Å². The molecule has 3 unspecified atom stereocenters. The lowest BCUT2D eigenvalue weighted by Crippen LogP contribution is -2.50. The van der Waals surface area contributed by atoms with Gasteiger partial charge < -0.3 is 9.31 Å². The average Bonchev–Trinajstić information content (AvgIpc) is 3.12. The van der Waals surface area contributed by atoms with Gasteiger partial charge in [-0.1, -0.05) is 79.5 Å². The first-order chi connectivity index (χ1) is 16.7. The fraction of sp³-hybridized carbons (Fsp3) is 0.806. The van der Waals surface area contributed by atoms with Crippen LogP contribution in [0.5, 0.6) is 5.75 Å². The summed E-state index contributed by atoms with van der Waals surface area (Å²) in [6.07, 6.45) is 10.8. The zero-order valence-electron chi connectivity index (χ0n) is 24.7. The molecule has 3 nitrogen and oxygen atoms in total. The monoisotopic (exact) mass is 534 g/mol. The Bertz CT molecular complexity index is 800. The molecule has 36 heavy (non-hydrogen) atoms. The largest absolute Gasteiger partial charge is 0.414 e. The Morgan fingerprint density at radius 2 is 1.72 bits per heavy atom. The number of para-hydroxylation sites is 1. The SMILES string of the molecule is CC(C)(C)CCCC(CSOOc1ccccc1)C1CCC2[C@@H](O[Si](C)(C)C(C)(C)C)CCC[C@]12C. The molecule has 2 aliphatic carbocycles. The minimum atomic E-state index is -1.78. The minimum Gasteiger partial charge on any atom is -0.414 e. The molecule has 1 aromatic rings. The van der Waals surface area contributed by atoms with E-state index >= 15 is 0 Å². The Hall–Kier alpha value is -0.493. The Balaban J connectivity index is 1.68. The molecule has 206 valence electrons. The van der Waals surface area contributed by atoms with Gasteiger partial charge in [0.2, 0.25) is 0 Å². The summed E-state index contributed by atoms with van der Waals surface area (Å²) < 4.78 is 12.8. The van der Waals surface area contributed by atoms with Crippen LogP contribution in [0, 0.1) is 28.6 Å². The highest BCUT2D eigenvalue weighted by Crippen LogP contribution is 2.60. The Morgan fingerprint density at radius 3 is 2.36 bits per heavy atom. The van der Waals surface area contributed by atoms with E-state index in [-0.39, 0.29) is 5.04 Å². The number of hydrogen-bond donors (Lipinski definition) is 0. The first kappa shape index (κ1) is 30.1. The van der Waals surface area contributed by atoms with Crippen LogP contribution in [0.2, 0.25) is 18.1 Å². The van der Waals surface area contributed by atoms with Gasteiger partial charge in [-0.25, -0.2) is 0 Å². The van der Waals surface area contributed by atoms with Crippen molar-refractivity contribution in [2.24, 2.45) is 28.6 Å². The molecule has 5 atom stereocenters. The van der Waals surface area contributed by atoms with Crippen molar-refractivity contribution < 1.29 is 13.6 Å². The highest BCUT2D eigenvalue weighted by Gasteiger charge is 2.55. The molecule has 0 aromatic heterocycles. The molecule has 2 fully saturated rings. The van der Waals surface area contributed by atoms with Crippen LogP contribution in [0.15, 0.2) is 30.3 Å². The molecule has 3 rings (SSSR count). The molecule has 2 saturated carbocycles.